The minimum atomic E-state index is -1.63. The van der Waals surface area contributed by atoms with Gasteiger partial charge in [0.05, 0.1) is 40.3 Å². The van der Waals surface area contributed by atoms with Gasteiger partial charge < -0.3 is 33.3 Å². The van der Waals surface area contributed by atoms with Crippen molar-refractivity contribution in [3.63, 3.8) is 0 Å². The number of hydrogen-bond acceptors (Lipinski definition) is 8. The lowest BCUT2D eigenvalue weighted by molar-refractivity contribution is -0.870. The zero-order valence-electron chi connectivity index (χ0n) is 58.5. The molecule has 0 aliphatic heterocycles. The van der Waals surface area contributed by atoms with Crippen molar-refractivity contribution < 1.29 is 42.9 Å². The molecule has 0 heterocycles. The van der Waals surface area contributed by atoms with Crippen LogP contribution in [0.3, 0.4) is 0 Å². The molecule has 0 aromatic rings. The summed E-state index contributed by atoms with van der Waals surface area (Å²) < 4.78 is 22.8. The Hall–Kier alpha value is -4.05. The van der Waals surface area contributed by atoms with Gasteiger partial charge >= 0.3 is 11.9 Å². The molecule has 0 saturated heterocycles. The molecule has 0 N–H and O–H groups in total. The maximum atomic E-state index is 12.9. The summed E-state index contributed by atoms with van der Waals surface area (Å²) in [4.78, 5) is 37.5. The molecule has 512 valence electrons. The van der Waals surface area contributed by atoms with Crippen molar-refractivity contribution in [2.24, 2.45) is 0 Å². The summed E-state index contributed by atoms with van der Waals surface area (Å²) >= 11 is 0. The van der Waals surface area contributed by atoms with Crippen LogP contribution < -0.4 is 5.11 Å². The molecule has 0 spiro atoms. The normalized spacial score (nSPS) is 13.3. The Labute approximate surface area is 549 Å². The van der Waals surface area contributed by atoms with Gasteiger partial charge in [0.25, 0.3) is 0 Å². The number of nitrogens with zero attached hydrogens (tertiary/aromatic N) is 1. The molecule has 0 aromatic carbocycles. The van der Waals surface area contributed by atoms with E-state index < -0.39 is 24.3 Å². The van der Waals surface area contributed by atoms with Crippen LogP contribution in [0.25, 0.3) is 0 Å². The van der Waals surface area contributed by atoms with Crippen molar-refractivity contribution in [3.8, 4) is 0 Å². The van der Waals surface area contributed by atoms with Crippen molar-refractivity contribution >= 4 is 17.9 Å². The highest BCUT2D eigenvalue weighted by atomic mass is 16.7. The second-order valence-electron chi connectivity index (χ2n) is 25.9. The van der Waals surface area contributed by atoms with Gasteiger partial charge in [-0.1, -0.05) is 335 Å². The molecule has 0 aromatic heterocycles. The number of carboxylic acids is 1. The van der Waals surface area contributed by atoms with Crippen LogP contribution in [0.15, 0.2) is 109 Å². The van der Waals surface area contributed by atoms with Crippen molar-refractivity contribution in [3.05, 3.63) is 109 Å². The summed E-state index contributed by atoms with van der Waals surface area (Å²) in [6.07, 6.45) is 94.6. The molecule has 0 amide bonds. The van der Waals surface area contributed by atoms with Crippen LogP contribution in [0, 0.1) is 0 Å². The largest absolute Gasteiger partial charge is 0.545 e. The molecular weight excluding hydrogens is 1100 g/mol. The predicted molar refractivity (Wildman–Crippen MR) is 380 cm³/mol. The topological polar surface area (TPSA) is 111 Å². The number of carboxylic acid groups (broad SMARTS) is 1. The summed E-state index contributed by atoms with van der Waals surface area (Å²) in [6, 6.07) is 0. The van der Waals surface area contributed by atoms with E-state index in [2.05, 4.69) is 123 Å². The molecule has 0 rings (SSSR count). The van der Waals surface area contributed by atoms with Gasteiger partial charge in [-0.15, -0.1) is 0 Å². The third-order valence-electron chi connectivity index (χ3n) is 16.0. The Morgan fingerprint density at radius 3 is 0.955 bits per heavy atom. The molecule has 89 heavy (non-hydrogen) atoms. The maximum Gasteiger partial charge on any atom is 0.306 e. The number of hydrogen-bond donors (Lipinski definition) is 0. The van der Waals surface area contributed by atoms with Gasteiger partial charge in [-0.05, 0) is 83.5 Å². The van der Waals surface area contributed by atoms with E-state index in [0.717, 1.165) is 103 Å². The smallest absolute Gasteiger partial charge is 0.306 e. The number of esters is 2. The van der Waals surface area contributed by atoms with Crippen molar-refractivity contribution in [2.45, 2.75) is 334 Å². The highest BCUT2D eigenvalue weighted by Crippen LogP contribution is 2.18. The van der Waals surface area contributed by atoms with Gasteiger partial charge in [-0.25, -0.2) is 0 Å². The lowest BCUT2D eigenvalue weighted by atomic mass is 10.0. The number of rotatable bonds is 68. The number of likely N-dealkylation sites (N-methyl/N-ethyl adjacent to an activating group) is 1. The second-order valence-corrected chi connectivity index (χ2v) is 25.9. The zero-order chi connectivity index (χ0) is 64.7. The summed E-state index contributed by atoms with van der Waals surface area (Å²) in [7, 11) is 5.93. The number of carbonyl (C=O) groups excluding carboxylic acids is 3. The van der Waals surface area contributed by atoms with E-state index in [1.54, 1.807) is 0 Å². The van der Waals surface area contributed by atoms with E-state index >= 15 is 0 Å². The average molecular weight is 1240 g/mol. The van der Waals surface area contributed by atoms with Crippen LogP contribution in [0.4, 0.5) is 0 Å². The fourth-order valence-corrected chi connectivity index (χ4v) is 10.4. The molecule has 9 heteroatoms. The first-order valence-electron chi connectivity index (χ1n) is 37.0. The number of carbonyl (C=O) groups is 3. The lowest BCUT2D eigenvalue weighted by Gasteiger charge is -2.26. The molecule has 0 radical (unpaired) electrons. The van der Waals surface area contributed by atoms with E-state index in [1.165, 1.54) is 186 Å². The fraction of sp³-hybridized carbons (Fsp3) is 0.738. The highest BCUT2D eigenvalue weighted by molar-refractivity contribution is 5.70. The standard InChI is InChI=1S/C80H139NO8/c1-6-8-10-12-14-16-18-20-22-24-26-28-30-32-33-34-35-36-37-38-39-40-41-42-43-44-45-47-49-51-53-55-57-59-61-63-65-67-69-71-78(83)89-76(75-88-80(79(84)85)86-73-72-81(3,4)5)74-87-77(82)70-68-66-64-62-60-58-56-54-52-50-48-46-31-29-27-25-23-21-19-17-15-13-11-9-7-2/h8,10,14,16,20,22,26,28,32-33,35-36,38-39,41-42,44-45,76,80H,6-7,9,11-13,15,17-19,21,23-25,27,29-31,34,37,40,43,46-75H2,1-5H3/b10-8-,16-14-,22-20-,28-26-,33-32-,36-35-,39-38-,42-41-,45-44-. The van der Waals surface area contributed by atoms with Gasteiger partial charge in [0.1, 0.15) is 13.2 Å². The molecule has 9 nitrogen and oxygen atoms in total. The van der Waals surface area contributed by atoms with Gasteiger partial charge in [0.15, 0.2) is 12.4 Å². The van der Waals surface area contributed by atoms with Crippen LogP contribution in [-0.4, -0.2) is 82.3 Å². The molecule has 0 saturated carbocycles. The Bertz CT molecular complexity index is 1830. The van der Waals surface area contributed by atoms with Gasteiger partial charge in [-0.3, -0.25) is 9.59 Å². The Balaban J connectivity index is 4.10. The van der Waals surface area contributed by atoms with Crippen molar-refractivity contribution in [1.82, 2.24) is 0 Å². The van der Waals surface area contributed by atoms with Crippen LogP contribution in [0.5, 0.6) is 0 Å². The summed E-state index contributed by atoms with van der Waals surface area (Å²) in [5, 5.41) is 11.8. The average Bonchev–Trinajstić information content (AvgIpc) is 3.64. The number of ether oxygens (including phenoxy) is 4. The minimum absolute atomic E-state index is 0.145. The Kier molecular flexibility index (Phi) is 66.7. The first-order chi connectivity index (χ1) is 43.6. The molecule has 0 aliphatic rings. The van der Waals surface area contributed by atoms with Crippen LogP contribution in [0.2, 0.25) is 0 Å². The fourth-order valence-electron chi connectivity index (χ4n) is 10.4. The SMILES string of the molecule is CC/C=C\C/C=C\C/C=C\C/C=C\C/C=C\C/C=C\C/C=C\C/C=C\C/C=C\CCCCCCCCCCCCCC(=O)OC(COC(=O)CCCCCCCCCCCCCCCCCCCCCCCCCCC)COC(OCC[N+](C)(C)C)C(=O)[O-]. The van der Waals surface area contributed by atoms with Crippen LogP contribution >= 0.6 is 0 Å². The summed E-state index contributed by atoms with van der Waals surface area (Å²) in [6.45, 7) is 4.67. The molecular formula is C80H139NO8. The third-order valence-corrected chi connectivity index (χ3v) is 16.0. The van der Waals surface area contributed by atoms with Gasteiger partial charge in [0, 0.05) is 12.8 Å². The predicted octanol–water partition coefficient (Wildman–Crippen LogP) is 22.0. The quantitative estimate of drug-likeness (QED) is 0.0195. The molecule has 0 fully saturated rings. The van der Waals surface area contributed by atoms with Crippen LogP contribution in [0.1, 0.15) is 322 Å². The van der Waals surface area contributed by atoms with Crippen molar-refractivity contribution in [1.29, 1.82) is 0 Å². The second kappa shape index (κ2) is 69.8. The number of aliphatic carboxylic acids is 1. The first kappa shape index (κ1) is 85.0. The molecule has 2 atom stereocenters. The van der Waals surface area contributed by atoms with Crippen molar-refractivity contribution in [2.75, 3.05) is 47.5 Å². The lowest BCUT2D eigenvalue weighted by Crippen LogP contribution is -2.44. The molecule has 0 aliphatic carbocycles. The summed E-state index contributed by atoms with van der Waals surface area (Å²) in [5.41, 5.74) is 0. The molecule has 0 bridgehead atoms. The molecule has 2 unspecified atom stereocenters. The van der Waals surface area contributed by atoms with E-state index in [-0.39, 0.29) is 32.2 Å². The number of unbranched alkanes of at least 4 members (excludes halogenated alkanes) is 35. The first-order valence-corrected chi connectivity index (χ1v) is 37.0. The monoisotopic (exact) mass is 1240 g/mol. The zero-order valence-corrected chi connectivity index (χ0v) is 58.5. The van der Waals surface area contributed by atoms with Crippen LogP contribution in [-0.2, 0) is 33.3 Å². The van der Waals surface area contributed by atoms with E-state index in [0.29, 0.717) is 23.9 Å². The Morgan fingerprint density at radius 1 is 0.348 bits per heavy atom. The van der Waals surface area contributed by atoms with E-state index in [9.17, 15) is 19.5 Å². The highest BCUT2D eigenvalue weighted by Gasteiger charge is 2.22. The Morgan fingerprint density at radius 2 is 0.640 bits per heavy atom. The minimum Gasteiger partial charge on any atom is -0.545 e. The van der Waals surface area contributed by atoms with Gasteiger partial charge in [0.2, 0.25) is 0 Å². The van der Waals surface area contributed by atoms with Gasteiger partial charge in [-0.2, -0.15) is 0 Å². The summed E-state index contributed by atoms with van der Waals surface area (Å²) in [5.74, 6) is -2.27. The number of allylic oxidation sites excluding steroid dienone is 18. The van der Waals surface area contributed by atoms with E-state index in [4.69, 9.17) is 18.9 Å². The van der Waals surface area contributed by atoms with E-state index in [1.807, 2.05) is 21.1 Å². The third kappa shape index (κ3) is 71.3. The number of quaternary nitrogens is 1. The maximum absolute atomic E-state index is 12.9.